The van der Waals surface area contributed by atoms with Crippen LogP contribution in [-0.2, 0) is 4.74 Å². The molecule has 1 unspecified atom stereocenters. The fourth-order valence-electron chi connectivity index (χ4n) is 3.99. The van der Waals surface area contributed by atoms with Crippen LogP contribution >= 0.6 is 0 Å². The van der Waals surface area contributed by atoms with Gasteiger partial charge >= 0.3 is 6.09 Å². The Kier molecular flexibility index (Phi) is 6.15. The number of benzene rings is 1. The largest absolute Gasteiger partial charge is 0.444 e. The predicted octanol–water partition coefficient (Wildman–Crippen LogP) is 3.08. The molecule has 2 saturated heterocycles. The molecule has 3 rings (SSSR count). The Morgan fingerprint density at radius 3 is 2.48 bits per heavy atom. The number of piperazine rings is 1. The number of amides is 1. The number of anilines is 2. The maximum atomic E-state index is 12.3. The van der Waals surface area contributed by atoms with Crippen molar-refractivity contribution in [2.75, 3.05) is 43.4 Å². The molecule has 0 bridgehead atoms. The van der Waals surface area contributed by atoms with Crippen molar-refractivity contribution in [3.05, 3.63) is 24.3 Å². The van der Waals surface area contributed by atoms with Crippen molar-refractivity contribution < 1.29 is 9.53 Å². The molecule has 1 amide bonds. The summed E-state index contributed by atoms with van der Waals surface area (Å²) in [6.07, 6.45) is 3.31. The fraction of sp³-hybridized carbons (Fsp3) is 0.667. The normalized spacial score (nSPS) is 22.0. The van der Waals surface area contributed by atoms with Crippen molar-refractivity contribution in [1.29, 1.82) is 0 Å². The van der Waals surface area contributed by atoms with Crippen LogP contribution in [0.3, 0.4) is 0 Å². The Morgan fingerprint density at radius 1 is 1.19 bits per heavy atom. The van der Waals surface area contributed by atoms with E-state index in [-0.39, 0.29) is 6.09 Å². The average molecular weight is 375 g/mol. The zero-order valence-corrected chi connectivity index (χ0v) is 16.9. The number of ether oxygens (including phenoxy) is 1. The Balaban J connectivity index is 1.46. The Morgan fingerprint density at radius 2 is 1.85 bits per heavy atom. The second-order valence-electron chi connectivity index (χ2n) is 8.84. The van der Waals surface area contributed by atoms with Crippen LogP contribution in [-0.4, -0.2) is 55.4 Å². The summed E-state index contributed by atoms with van der Waals surface area (Å²) >= 11 is 0. The van der Waals surface area contributed by atoms with Crippen LogP contribution in [0.5, 0.6) is 0 Å². The lowest BCUT2D eigenvalue weighted by atomic mass is 9.89. The molecule has 2 fully saturated rings. The smallest absolute Gasteiger partial charge is 0.410 e. The highest BCUT2D eigenvalue weighted by atomic mass is 16.6. The number of hydrogen-bond acceptors (Lipinski definition) is 5. The van der Waals surface area contributed by atoms with E-state index in [2.05, 4.69) is 22.3 Å². The molecule has 2 heterocycles. The van der Waals surface area contributed by atoms with E-state index in [1.807, 2.05) is 37.8 Å². The minimum absolute atomic E-state index is 0.188. The number of carbonyl (C=O) groups excluding carboxylic acids is 1. The molecule has 0 radical (unpaired) electrons. The molecule has 2 aliphatic heterocycles. The van der Waals surface area contributed by atoms with E-state index in [0.29, 0.717) is 12.0 Å². The topological polar surface area (TPSA) is 70.8 Å². The zero-order valence-electron chi connectivity index (χ0n) is 16.9. The van der Waals surface area contributed by atoms with Crippen LogP contribution in [0.1, 0.15) is 40.0 Å². The van der Waals surface area contributed by atoms with Gasteiger partial charge in [0.2, 0.25) is 0 Å². The molecule has 0 spiro atoms. The number of hydrogen-bond donors (Lipinski definition) is 2. The first kappa shape index (κ1) is 19.8. The molecular weight excluding hydrogens is 340 g/mol. The van der Waals surface area contributed by atoms with Crippen LogP contribution < -0.4 is 16.0 Å². The average Bonchev–Trinajstić information content (AvgIpc) is 2.62. The van der Waals surface area contributed by atoms with E-state index < -0.39 is 5.60 Å². The SMILES string of the molecule is CC(C)(C)OC(=O)N1CCNC(CC2CCN(c3ccc(N)cc3)CC2)C1. The highest BCUT2D eigenvalue weighted by Gasteiger charge is 2.29. The summed E-state index contributed by atoms with van der Waals surface area (Å²) in [7, 11) is 0. The number of piperidine rings is 1. The molecule has 27 heavy (non-hydrogen) atoms. The Bertz CT molecular complexity index is 618. The Hall–Kier alpha value is -1.95. The number of carbonyl (C=O) groups is 1. The van der Waals surface area contributed by atoms with Crippen LogP contribution in [0.2, 0.25) is 0 Å². The fourth-order valence-corrected chi connectivity index (χ4v) is 3.99. The van der Waals surface area contributed by atoms with E-state index in [9.17, 15) is 4.79 Å². The zero-order chi connectivity index (χ0) is 19.4. The number of nitrogens with one attached hydrogen (secondary N) is 1. The molecule has 1 atom stereocenters. The molecule has 0 saturated carbocycles. The molecule has 1 aromatic carbocycles. The van der Waals surface area contributed by atoms with Crippen molar-refractivity contribution in [1.82, 2.24) is 10.2 Å². The molecule has 0 aromatic heterocycles. The number of nitrogens with two attached hydrogens (primary N) is 1. The van der Waals surface area contributed by atoms with Crippen molar-refractivity contribution in [3.63, 3.8) is 0 Å². The first-order valence-electron chi connectivity index (χ1n) is 10.1. The number of rotatable bonds is 3. The lowest BCUT2D eigenvalue weighted by Crippen LogP contribution is -2.54. The van der Waals surface area contributed by atoms with E-state index in [1.165, 1.54) is 18.5 Å². The van der Waals surface area contributed by atoms with Gasteiger partial charge in [-0.1, -0.05) is 0 Å². The molecule has 2 aliphatic rings. The highest BCUT2D eigenvalue weighted by Crippen LogP contribution is 2.27. The lowest BCUT2D eigenvalue weighted by Gasteiger charge is -2.38. The summed E-state index contributed by atoms with van der Waals surface area (Å²) in [4.78, 5) is 16.6. The summed E-state index contributed by atoms with van der Waals surface area (Å²) in [6.45, 7) is 10.2. The van der Waals surface area contributed by atoms with Gasteiger partial charge in [0.05, 0.1) is 0 Å². The van der Waals surface area contributed by atoms with Gasteiger partial charge in [0, 0.05) is 50.1 Å². The van der Waals surface area contributed by atoms with Gasteiger partial charge in [-0.3, -0.25) is 0 Å². The summed E-state index contributed by atoms with van der Waals surface area (Å²) in [5.41, 5.74) is 7.42. The van der Waals surface area contributed by atoms with Crippen LogP contribution in [0.25, 0.3) is 0 Å². The van der Waals surface area contributed by atoms with Gasteiger partial charge in [-0.05, 0) is 70.2 Å². The first-order chi connectivity index (χ1) is 12.8. The third kappa shape index (κ3) is 5.76. The summed E-state index contributed by atoms with van der Waals surface area (Å²) in [5.74, 6) is 0.700. The molecule has 6 nitrogen and oxygen atoms in total. The highest BCUT2D eigenvalue weighted by molar-refractivity contribution is 5.68. The Labute approximate surface area is 163 Å². The van der Waals surface area contributed by atoms with Gasteiger partial charge in [0.15, 0.2) is 0 Å². The molecule has 3 N–H and O–H groups in total. The van der Waals surface area contributed by atoms with Gasteiger partial charge < -0.3 is 25.6 Å². The molecule has 1 aromatic rings. The van der Waals surface area contributed by atoms with E-state index in [1.54, 1.807) is 0 Å². The summed E-state index contributed by atoms with van der Waals surface area (Å²) in [5, 5.41) is 3.59. The molecule has 0 aliphatic carbocycles. The monoisotopic (exact) mass is 374 g/mol. The molecular formula is C21H34N4O2. The standard InChI is InChI=1S/C21H34N4O2/c1-21(2,3)27-20(26)25-13-10-23-18(15-25)14-16-8-11-24(12-9-16)19-6-4-17(22)5-7-19/h4-7,16,18,23H,8-15,22H2,1-3H3. The molecule has 6 heteroatoms. The quantitative estimate of drug-likeness (QED) is 0.796. The van der Waals surface area contributed by atoms with Gasteiger partial charge in [0.1, 0.15) is 5.60 Å². The number of nitrogen functional groups attached to an aromatic ring is 1. The second kappa shape index (κ2) is 8.38. The van der Waals surface area contributed by atoms with Crippen LogP contribution in [0.4, 0.5) is 16.2 Å². The van der Waals surface area contributed by atoms with Crippen molar-refractivity contribution in [2.45, 2.75) is 51.7 Å². The third-order valence-electron chi connectivity index (χ3n) is 5.40. The maximum absolute atomic E-state index is 12.3. The predicted molar refractivity (Wildman–Crippen MR) is 110 cm³/mol. The van der Waals surface area contributed by atoms with Crippen molar-refractivity contribution in [2.24, 2.45) is 5.92 Å². The van der Waals surface area contributed by atoms with Gasteiger partial charge in [-0.15, -0.1) is 0 Å². The van der Waals surface area contributed by atoms with Crippen molar-refractivity contribution >= 4 is 17.5 Å². The van der Waals surface area contributed by atoms with E-state index in [0.717, 1.165) is 44.8 Å². The molecule has 150 valence electrons. The summed E-state index contributed by atoms with van der Waals surface area (Å²) in [6, 6.07) is 8.52. The van der Waals surface area contributed by atoms with Gasteiger partial charge in [-0.25, -0.2) is 4.79 Å². The minimum Gasteiger partial charge on any atom is -0.444 e. The van der Waals surface area contributed by atoms with E-state index in [4.69, 9.17) is 10.5 Å². The third-order valence-corrected chi connectivity index (χ3v) is 5.40. The van der Waals surface area contributed by atoms with Crippen LogP contribution in [0, 0.1) is 5.92 Å². The van der Waals surface area contributed by atoms with Gasteiger partial charge in [0.25, 0.3) is 0 Å². The lowest BCUT2D eigenvalue weighted by molar-refractivity contribution is 0.0185. The first-order valence-corrected chi connectivity index (χ1v) is 10.1. The number of nitrogens with zero attached hydrogens (tertiary/aromatic N) is 2. The minimum atomic E-state index is -0.438. The van der Waals surface area contributed by atoms with Gasteiger partial charge in [-0.2, -0.15) is 0 Å². The van der Waals surface area contributed by atoms with Crippen molar-refractivity contribution in [3.8, 4) is 0 Å². The van der Waals surface area contributed by atoms with Crippen LogP contribution in [0.15, 0.2) is 24.3 Å². The maximum Gasteiger partial charge on any atom is 0.410 e. The van der Waals surface area contributed by atoms with E-state index >= 15 is 0 Å². The summed E-state index contributed by atoms with van der Waals surface area (Å²) < 4.78 is 5.53. The second-order valence-corrected chi connectivity index (χ2v) is 8.84.